The fourth-order valence-corrected chi connectivity index (χ4v) is 2.86. The Bertz CT molecular complexity index is 502. The molecule has 0 atom stereocenters. The Hall–Kier alpha value is -1.26. The molecule has 22 heavy (non-hydrogen) atoms. The molecule has 0 heteroatoms. The van der Waals surface area contributed by atoms with Crippen molar-refractivity contribution in [1.82, 2.24) is 0 Å². The highest BCUT2D eigenvalue weighted by molar-refractivity contribution is 5.65. The van der Waals surface area contributed by atoms with Gasteiger partial charge in [-0.25, -0.2) is 0 Å². The molecular weight excluding hydrogens is 264 g/mol. The summed E-state index contributed by atoms with van der Waals surface area (Å²) in [5, 5.41) is 0. The SMILES string of the molecule is CCCCCCC(=C=C(C)CC(C)(C)C)c1ccc(C)cc1. The Morgan fingerprint density at radius 3 is 2.18 bits per heavy atom. The Kier molecular flexibility index (Phi) is 7.69. The number of unbranched alkanes of at least 4 members (excludes halogenated alkanes) is 3. The maximum atomic E-state index is 3.72. The van der Waals surface area contributed by atoms with Crippen molar-refractivity contribution >= 4 is 5.57 Å². The molecule has 1 aromatic carbocycles. The fourth-order valence-electron chi connectivity index (χ4n) is 2.86. The predicted octanol–water partition coefficient (Wildman–Crippen LogP) is 7.33. The van der Waals surface area contributed by atoms with E-state index in [9.17, 15) is 0 Å². The smallest absolute Gasteiger partial charge is 0.00114 e. The molecule has 0 amide bonds. The molecule has 0 spiro atoms. The number of hydrogen-bond acceptors (Lipinski definition) is 0. The summed E-state index contributed by atoms with van der Waals surface area (Å²) in [7, 11) is 0. The van der Waals surface area contributed by atoms with E-state index in [0.717, 1.165) is 12.8 Å². The summed E-state index contributed by atoms with van der Waals surface area (Å²) in [6.07, 6.45) is 7.48. The van der Waals surface area contributed by atoms with Gasteiger partial charge in [0.1, 0.15) is 0 Å². The summed E-state index contributed by atoms with van der Waals surface area (Å²) in [6, 6.07) is 8.92. The highest BCUT2D eigenvalue weighted by Crippen LogP contribution is 2.26. The second-order valence-electron chi connectivity index (χ2n) is 7.80. The molecule has 0 fully saturated rings. The second kappa shape index (κ2) is 9.01. The van der Waals surface area contributed by atoms with E-state index in [4.69, 9.17) is 0 Å². The second-order valence-corrected chi connectivity index (χ2v) is 7.80. The summed E-state index contributed by atoms with van der Waals surface area (Å²) in [4.78, 5) is 0. The fraction of sp³-hybridized carbons (Fsp3) is 0.591. The van der Waals surface area contributed by atoms with Crippen molar-refractivity contribution in [2.75, 3.05) is 0 Å². The van der Waals surface area contributed by atoms with E-state index in [1.165, 1.54) is 48.0 Å². The van der Waals surface area contributed by atoms with Gasteiger partial charge in [-0.3, -0.25) is 0 Å². The Labute approximate surface area is 138 Å². The van der Waals surface area contributed by atoms with Gasteiger partial charge in [-0.2, -0.15) is 0 Å². The standard InChI is InChI=1S/C22H34/c1-7-8-9-10-11-21(16-19(3)17-22(4,5)6)20-14-12-18(2)13-15-20/h12-15H,7-11,17H2,1-6H3. The first-order chi connectivity index (χ1) is 10.3. The lowest BCUT2D eigenvalue weighted by atomic mass is 9.88. The van der Waals surface area contributed by atoms with Gasteiger partial charge in [0.25, 0.3) is 0 Å². The molecule has 1 aromatic rings. The molecule has 0 radical (unpaired) electrons. The van der Waals surface area contributed by atoms with Crippen molar-refractivity contribution < 1.29 is 0 Å². The molecule has 122 valence electrons. The molecule has 0 aliphatic rings. The van der Waals surface area contributed by atoms with Crippen LogP contribution >= 0.6 is 0 Å². The van der Waals surface area contributed by atoms with E-state index >= 15 is 0 Å². The third-order valence-electron chi connectivity index (χ3n) is 3.84. The summed E-state index contributed by atoms with van der Waals surface area (Å²) >= 11 is 0. The third-order valence-corrected chi connectivity index (χ3v) is 3.84. The van der Waals surface area contributed by atoms with Crippen LogP contribution in [0.3, 0.4) is 0 Å². The molecule has 0 bridgehead atoms. The predicted molar refractivity (Wildman–Crippen MR) is 100 cm³/mol. The monoisotopic (exact) mass is 298 g/mol. The zero-order valence-corrected chi connectivity index (χ0v) is 15.6. The lowest BCUT2D eigenvalue weighted by molar-refractivity contribution is 0.410. The zero-order chi connectivity index (χ0) is 16.6. The highest BCUT2D eigenvalue weighted by Gasteiger charge is 2.11. The summed E-state index contributed by atoms with van der Waals surface area (Å²) in [6.45, 7) is 13.5. The normalized spacial score (nSPS) is 11.2. The van der Waals surface area contributed by atoms with Crippen LogP contribution in [0.5, 0.6) is 0 Å². The molecule has 0 nitrogen and oxygen atoms in total. The van der Waals surface area contributed by atoms with E-state index < -0.39 is 0 Å². The average molecular weight is 299 g/mol. The zero-order valence-electron chi connectivity index (χ0n) is 15.6. The van der Waals surface area contributed by atoms with Gasteiger partial charge in [0.05, 0.1) is 0 Å². The molecule has 0 heterocycles. The van der Waals surface area contributed by atoms with Crippen molar-refractivity contribution in [3.8, 4) is 0 Å². The quantitative estimate of drug-likeness (QED) is 0.365. The number of rotatable bonds is 7. The van der Waals surface area contributed by atoms with Crippen LogP contribution in [0.25, 0.3) is 5.57 Å². The first kappa shape index (κ1) is 18.8. The first-order valence-electron chi connectivity index (χ1n) is 8.84. The highest BCUT2D eigenvalue weighted by atomic mass is 14.2. The van der Waals surface area contributed by atoms with Gasteiger partial charge in [0.15, 0.2) is 0 Å². The van der Waals surface area contributed by atoms with Crippen molar-refractivity contribution in [2.45, 2.75) is 80.1 Å². The number of benzene rings is 1. The van der Waals surface area contributed by atoms with Crippen LogP contribution in [0, 0.1) is 12.3 Å². The molecule has 0 unspecified atom stereocenters. The lowest BCUT2D eigenvalue weighted by Crippen LogP contribution is -2.04. The van der Waals surface area contributed by atoms with E-state index in [0.29, 0.717) is 5.41 Å². The van der Waals surface area contributed by atoms with Crippen LogP contribution in [0.15, 0.2) is 35.6 Å². The van der Waals surface area contributed by atoms with Gasteiger partial charge in [-0.1, -0.05) is 76.8 Å². The Morgan fingerprint density at radius 1 is 1.00 bits per heavy atom. The van der Waals surface area contributed by atoms with Gasteiger partial charge in [0, 0.05) is 5.57 Å². The third kappa shape index (κ3) is 7.66. The van der Waals surface area contributed by atoms with Gasteiger partial charge >= 0.3 is 0 Å². The first-order valence-corrected chi connectivity index (χ1v) is 8.84. The van der Waals surface area contributed by atoms with Crippen LogP contribution < -0.4 is 0 Å². The largest absolute Gasteiger partial charge is 0.118 e. The maximum absolute atomic E-state index is 3.72. The van der Waals surface area contributed by atoms with Crippen LogP contribution in [0.4, 0.5) is 0 Å². The van der Waals surface area contributed by atoms with Crippen molar-refractivity contribution in [2.24, 2.45) is 5.41 Å². The topological polar surface area (TPSA) is 0 Å². The van der Waals surface area contributed by atoms with Gasteiger partial charge < -0.3 is 0 Å². The summed E-state index contributed by atoms with van der Waals surface area (Å²) in [5.74, 6) is 0. The van der Waals surface area contributed by atoms with Gasteiger partial charge in [-0.05, 0) is 49.7 Å². The van der Waals surface area contributed by atoms with Crippen LogP contribution in [0.2, 0.25) is 0 Å². The molecule has 0 saturated carbocycles. The van der Waals surface area contributed by atoms with Gasteiger partial charge in [-0.15, -0.1) is 5.73 Å². The van der Waals surface area contributed by atoms with Crippen molar-refractivity contribution in [3.63, 3.8) is 0 Å². The molecule has 0 aliphatic heterocycles. The number of hydrogen-bond donors (Lipinski definition) is 0. The van der Waals surface area contributed by atoms with Crippen LogP contribution in [0.1, 0.15) is 84.3 Å². The molecule has 1 rings (SSSR count). The maximum Gasteiger partial charge on any atom is 0.00114 e. The number of aryl methyl sites for hydroxylation is 1. The minimum atomic E-state index is 0.331. The summed E-state index contributed by atoms with van der Waals surface area (Å²) < 4.78 is 0. The molecule has 0 N–H and O–H groups in total. The van der Waals surface area contributed by atoms with Crippen LogP contribution in [-0.4, -0.2) is 0 Å². The van der Waals surface area contributed by atoms with E-state index in [1.807, 2.05) is 0 Å². The summed E-state index contributed by atoms with van der Waals surface area (Å²) in [5.41, 5.74) is 9.48. The Morgan fingerprint density at radius 2 is 1.64 bits per heavy atom. The van der Waals surface area contributed by atoms with Crippen molar-refractivity contribution in [1.29, 1.82) is 0 Å². The van der Waals surface area contributed by atoms with E-state index in [-0.39, 0.29) is 0 Å². The minimum Gasteiger partial charge on any atom is -0.118 e. The van der Waals surface area contributed by atoms with E-state index in [1.54, 1.807) is 0 Å². The van der Waals surface area contributed by atoms with Gasteiger partial charge in [0.2, 0.25) is 0 Å². The van der Waals surface area contributed by atoms with E-state index in [2.05, 4.69) is 71.5 Å². The molecule has 0 aromatic heterocycles. The molecule has 0 saturated heterocycles. The molecule has 0 aliphatic carbocycles. The average Bonchev–Trinajstić information content (AvgIpc) is 2.41. The lowest BCUT2D eigenvalue weighted by Gasteiger charge is -2.17. The molecular formula is C22H34. The van der Waals surface area contributed by atoms with Crippen molar-refractivity contribution in [3.05, 3.63) is 46.7 Å². The minimum absolute atomic E-state index is 0.331. The number of allylic oxidation sites excluding steroid dienone is 1. The van der Waals surface area contributed by atoms with Crippen LogP contribution in [-0.2, 0) is 0 Å². The Balaban J connectivity index is 2.99.